The Kier molecular flexibility index (Phi) is 5.14. The predicted molar refractivity (Wildman–Crippen MR) is 91.3 cm³/mol. The first-order chi connectivity index (χ1) is 10.8. The van der Waals surface area contributed by atoms with Crippen LogP contribution in [0.15, 0.2) is 23.3 Å². The average Bonchev–Trinajstić information content (AvgIpc) is 3.25. The lowest BCUT2D eigenvalue weighted by Crippen LogP contribution is -2.41. The van der Waals surface area contributed by atoms with E-state index < -0.39 is 0 Å². The lowest BCUT2D eigenvalue weighted by atomic mass is 10.2. The maximum absolute atomic E-state index is 4.59. The number of pyridine rings is 1. The molecule has 5 nitrogen and oxygen atoms in total. The third kappa shape index (κ3) is 3.90. The van der Waals surface area contributed by atoms with Gasteiger partial charge in [0.1, 0.15) is 5.82 Å². The van der Waals surface area contributed by atoms with Crippen LogP contribution < -0.4 is 15.5 Å². The molecule has 1 saturated heterocycles. The molecule has 2 aliphatic rings. The molecule has 1 aliphatic carbocycles. The van der Waals surface area contributed by atoms with Crippen molar-refractivity contribution in [3.63, 3.8) is 0 Å². The first-order valence-corrected chi connectivity index (χ1v) is 8.52. The summed E-state index contributed by atoms with van der Waals surface area (Å²) in [6.07, 6.45) is 9.72. The maximum atomic E-state index is 4.59. The van der Waals surface area contributed by atoms with E-state index in [4.69, 9.17) is 0 Å². The first-order valence-electron chi connectivity index (χ1n) is 8.52. The van der Waals surface area contributed by atoms with Crippen LogP contribution in [0.5, 0.6) is 0 Å². The number of hydrogen-bond acceptors (Lipinski definition) is 3. The van der Waals surface area contributed by atoms with E-state index in [1.165, 1.54) is 44.1 Å². The summed E-state index contributed by atoms with van der Waals surface area (Å²) in [4.78, 5) is 11.3. The van der Waals surface area contributed by atoms with Gasteiger partial charge in [0.2, 0.25) is 0 Å². The highest BCUT2D eigenvalue weighted by Gasteiger charge is 2.16. The number of aromatic nitrogens is 1. The molecular formula is C17H27N5. The third-order valence-electron chi connectivity index (χ3n) is 4.62. The van der Waals surface area contributed by atoms with Crippen LogP contribution in [0.3, 0.4) is 0 Å². The van der Waals surface area contributed by atoms with Crippen LogP contribution in [0.4, 0.5) is 5.82 Å². The Morgan fingerprint density at radius 1 is 1.23 bits per heavy atom. The second kappa shape index (κ2) is 7.47. The highest BCUT2D eigenvalue weighted by molar-refractivity contribution is 5.79. The zero-order chi connectivity index (χ0) is 15.2. The van der Waals surface area contributed by atoms with Crippen LogP contribution in [0.2, 0.25) is 0 Å². The van der Waals surface area contributed by atoms with Crippen molar-refractivity contribution in [2.45, 2.75) is 51.1 Å². The number of hydrogen-bond donors (Lipinski definition) is 2. The fraction of sp³-hybridized carbons (Fsp3) is 0.647. The Labute approximate surface area is 133 Å². The van der Waals surface area contributed by atoms with Crippen molar-refractivity contribution >= 4 is 11.8 Å². The summed E-state index contributed by atoms with van der Waals surface area (Å²) < 4.78 is 0. The van der Waals surface area contributed by atoms with Crippen molar-refractivity contribution < 1.29 is 0 Å². The van der Waals surface area contributed by atoms with Gasteiger partial charge >= 0.3 is 0 Å². The van der Waals surface area contributed by atoms with E-state index in [9.17, 15) is 0 Å². The van der Waals surface area contributed by atoms with Crippen molar-refractivity contribution in [3.8, 4) is 0 Å². The molecule has 22 heavy (non-hydrogen) atoms. The number of anilines is 1. The molecule has 1 saturated carbocycles. The van der Waals surface area contributed by atoms with E-state index in [0.29, 0.717) is 6.04 Å². The standard InChI is InChI=1S/C17H27N5/c1-18-17(21-15-6-2-3-7-15)20-13-14-8-9-16(19-12-14)22-10-4-5-11-22/h8-9,12,15H,2-7,10-11,13H2,1H3,(H2,18,20,21). The molecule has 0 aromatic carbocycles. The molecule has 3 rings (SSSR count). The van der Waals surface area contributed by atoms with E-state index in [0.717, 1.165) is 31.4 Å². The Morgan fingerprint density at radius 2 is 2.00 bits per heavy atom. The summed E-state index contributed by atoms with van der Waals surface area (Å²) in [5.74, 6) is 2.00. The van der Waals surface area contributed by atoms with Gasteiger partial charge in [0, 0.05) is 38.9 Å². The summed E-state index contributed by atoms with van der Waals surface area (Å²) in [6.45, 7) is 3.05. The molecule has 5 heteroatoms. The summed E-state index contributed by atoms with van der Waals surface area (Å²) in [5.41, 5.74) is 1.19. The molecule has 0 radical (unpaired) electrons. The average molecular weight is 301 g/mol. The lowest BCUT2D eigenvalue weighted by molar-refractivity contribution is 0.613. The summed E-state index contributed by atoms with van der Waals surface area (Å²) in [7, 11) is 1.83. The van der Waals surface area contributed by atoms with E-state index in [1.807, 2.05) is 13.2 Å². The van der Waals surface area contributed by atoms with E-state index in [-0.39, 0.29) is 0 Å². The van der Waals surface area contributed by atoms with Crippen molar-refractivity contribution in [1.82, 2.24) is 15.6 Å². The summed E-state index contributed by atoms with van der Waals surface area (Å²) in [6, 6.07) is 4.88. The van der Waals surface area contributed by atoms with Crippen LogP contribution in [-0.2, 0) is 6.54 Å². The van der Waals surface area contributed by atoms with Gasteiger partial charge in [0.05, 0.1) is 0 Å². The molecular weight excluding hydrogens is 274 g/mol. The molecule has 1 aromatic heterocycles. The molecule has 0 atom stereocenters. The minimum atomic E-state index is 0.585. The van der Waals surface area contributed by atoms with Crippen LogP contribution in [-0.4, -0.2) is 37.1 Å². The molecule has 0 bridgehead atoms. The maximum Gasteiger partial charge on any atom is 0.191 e. The number of nitrogens with one attached hydrogen (secondary N) is 2. The molecule has 0 amide bonds. The molecule has 120 valence electrons. The van der Waals surface area contributed by atoms with Gasteiger partial charge in [-0.25, -0.2) is 4.98 Å². The first kappa shape index (κ1) is 15.1. The van der Waals surface area contributed by atoms with Crippen molar-refractivity contribution in [2.24, 2.45) is 4.99 Å². The molecule has 0 unspecified atom stereocenters. The highest BCUT2D eigenvalue weighted by Crippen LogP contribution is 2.18. The minimum Gasteiger partial charge on any atom is -0.357 e. The third-order valence-corrected chi connectivity index (χ3v) is 4.62. The van der Waals surface area contributed by atoms with Crippen LogP contribution in [0, 0.1) is 0 Å². The van der Waals surface area contributed by atoms with Crippen molar-refractivity contribution in [3.05, 3.63) is 23.9 Å². The van der Waals surface area contributed by atoms with Crippen molar-refractivity contribution in [1.29, 1.82) is 0 Å². The van der Waals surface area contributed by atoms with Gasteiger partial charge in [0.25, 0.3) is 0 Å². The topological polar surface area (TPSA) is 52.6 Å². The Hall–Kier alpha value is -1.78. The molecule has 1 aliphatic heterocycles. The molecule has 2 N–H and O–H groups in total. The second-order valence-corrected chi connectivity index (χ2v) is 6.27. The smallest absolute Gasteiger partial charge is 0.191 e. The predicted octanol–water partition coefficient (Wildman–Crippen LogP) is 2.29. The minimum absolute atomic E-state index is 0.585. The number of guanidine groups is 1. The Balaban J connectivity index is 1.49. The van der Waals surface area contributed by atoms with Gasteiger partial charge in [-0.1, -0.05) is 18.9 Å². The molecule has 2 heterocycles. The van der Waals surface area contributed by atoms with Crippen LogP contribution in [0.25, 0.3) is 0 Å². The SMILES string of the molecule is CN=C(NCc1ccc(N2CCCC2)nc1)NC1CCCC1. The Bertz CT molecular complexity index is 484. The largest absolute Gasteiger partial charge is 0.357 e. The van der Waals surface area contributed by atoms with Gasteiger partial charge < -0.3 is 15.5 Å². The van der Waals surface area contributed by atoms with E-state index in [2.05, 4.69) is 37.6 Å². The Morgan fingerprint density at radius 3 is 2.64 bits per heavy atom. The lowest BCUT2D eigenvalue weighted by Gasteiger charge is -2.18. The fourth-order valence-electron chi connectivity index (χ4n) is 3.30. The number of rotatable bonds is 4. The van der Waals surface area contributed by atoms with Crippen molar-refractivity contribution in [2.75, 3.05) is 25.0 Å². The summed E-state index contributed by atoms with van der Waals surface area (Å²) in [5, 5.41) is 6.89. The summed E-state index contributed by atoms with van der Waals surface area (Å²) >= 11 is 0. The highest BCUT2D eigenvalue weighted by atomic mass is 15.2. The van der Waals surface area contributed by atoms with Gasteiger partial charge in [-0.3, -0.25) is 4.99 Å². The zero-order valence-electron chi connectivity index (χ0n) is 13.5. The van der Waals surface area contributed by atoms with Gasteiger partial charge in [-0.05, 0) is 37.3 Å². The van der Waals surface area contributed by atoms with E-state index in [1.54, 1.807) is 0 Å². The zero-order valence-corrected chi connectivity index (χ0v) is 13.5. The van der Waals surface area contributed by atoms with Gasteiger partial charge in [-0.2, -0.15) is 0 Å². The second-order valence-electron chi connectivity index (χ2n) is 6.27. The number of nitrogens with zero attached hydrogens (tertiary/aromatic N) is 3. The van der Waals surface area contributed by atoms with Gasteiger partial charge in [0.15, 0.2) is 5.96 Å². The molecule has 0 spiro atoms. The monoisotopic (exact) mass is 301 g/mol. The normalized spacial score (nSPS) is 19.7. The van der Waals surface area contributed by atoms with Crippen LogP contribution in [0.1, 0.15) is 44.1 Å². The van der Waals surface area contributed by atoms with E-state index >= 15 is 0 Å². The molecule has 1 aromatic rings. The van der Waals surface area contributed by atoms with Crippen LogP contribution >= 0.6 is 0 Å². The molecule has 2 fully saturated rings. The number of aliphatic imine (C=N–C) groups is 1. The fourth-order valence-corrected chi connectivity index (χ4v) is 3.30. The van der Waals surface area contributed by atoms with Gasteiger partial charge in [-0.15, -0.1) is 0 Å². The quantitative estimate of drug-likeness (QED) is 0.662.